The molecular formula is C42H64O19. The Hall–Kier alpha value is -1.76. The van der Waals surface area contributed by atoms with Gasteiger partial charge in [0, 0.05) is 31.4 Å². The summed E-state index contributed by atoms with van der Waals surface area (Å²) < 4.78 is 46.7. The van der Waals surface area contributed by atoms with E-state index in [1.807, 2.05) is 0 Å². The lowest BCUT2D eigenvalue weighted by Crippen LogP contribution is -2.69. The summed E-state index contributed by atoms with van der Waals surface area (Å²) in [5.74, 6) is -0.767. The standard InChI is InChI=1S/C42H64O19/c1-19-36(61-38-35(51)33(49)31(47)27(60-38)17-56-37-34(50)32(48)30(46)26(15-43)59-37)25(54-3)13-29(57-19)58-21-4-9-40(18-44)23-5-8-39(2)22(20-12-28(45)55-16-20)7-11-42(39,53)24(23)6-10-41(40,52)14-21/h12,18-19,21-27,29-38,43,46-53H,4-11,13-17H2,1-3H3/t19-,21+,22-,23+,24+,25-,26+,27+,29+,30+,31+,32-,33-,34+,35+,36-,37+,38-,39-,40+,41+,42+/m1/s1. The lowest BCUT2D eigenvalue weighted by molar-refractivity contribution is -0.355. The molecule has 9 N–H and O–H groups in total. The van der Waals surface area contributed by atoms with Gasteiger partial charge in [-0.15, -0.1) is 0 Å². The number of aldehydes is 1. The maximum Gasteiger partial charge on any atom is 0.331 e. The van der Waals surface area contributed by atoms with Crippen LogP contribution >= 0.6 is 0 Å². The van der Waals surface area contributed by atoms with E-state index in [1.165, 1.54) is 7.11 Å². The number of methoxy groups -OCH3 is 1. The number of aliphatic hydroxyl groups is 9. The molecule has 61 heavy (non-hydrogen) atoms. The van der Waals surface area contributed by atoms with E-state index >= 15 is 0 Å². The molecule has 0 unspecified atom stereocenters. The number of ether oxygens (including phenoxy) is 8. The summed E-state index contributed by atoms with van der Waals surface area (Å²) in [4.78, 5) is 25.3. The van der Waals surface area contributed by atoms with Crippen molar-refractivity contribution < 1.29 is 93.4 Å². The summed E-state index contributed by atoms with van der Waals surface area (Å²) in [6, 6.07) is 0. The molecule has 4 saturated carbocycles. The molecule has 0 spiro atoms. The second-order valence-electron chi connectivity index (χ2n) is 19.2. The van der Waals surface area contributed by atoms with Crippen molar-refractivity contribution in [2.75, 3.05) is 26.9 Å². The van der Waals surface area contributed by atoms with Gasteiger partial charge < -0.3 is 88.6 Å². The Morgan fingerprint density at radius 1 is 0.820 bits per heavy atom. The van der Waals surface area contributed by atoms with Crippen molar-refractivity contribution in [3.05, 3.63) is 11.6 Å². The second kappa shape index (κ2) is 17.2. The van der Waals surface area contributed by atoms with Gasteiger partial charge in [0.15, 0.2) is 18.9 Å². The fourth-order valence-electron chi connectivity index (χ4n) is 12.9. The van der Waals surface area contributed by atoms with Gasteiger partial charge in [0.05, 0.1) is 48.1 Å². The normalized spacial score (nSPS) is 53.6. The smallest absolute Gasteiger partial charge is 0.331 e. The van der Waals surface area contributed by atoms with E-state index in [0.717, 1.165) is 18.3 Å². The molecule has 0 aromatic carbocycles. The van der Waals surface area contributed by atoms with Gasteiger partial charge in [-0.2, -0.15) is 0 Å². The van der Waals surface area contributed by atoms with Crippen molar-refractivity contribution in [1.29, 1.82) is 0 Å². The molecule has 7 fully saturated rings. The summed E-state index contributed by atoms with van der Waals surface area (Å²) in [5.41, 5.74) is -3.06. The summed E-state index contributed by atoms with van der Waals surface area (Å²) in [7, 11) is 1.47. The average molecular weight is 873 g/mol. The van der Waals surface area contributed by atoms with Crippen LogP contribution in [0.3, 0.4) is 0 Å². The Balaban J connectivity index is 0.886. The fourth-order valence-corrected chi connectivity index (χ4v) is 12.9. The van der Waals surface area contributed by atoms with E-state index in [-0.39, 0.29) is 43.2 Å². The highest BCUT2D eigenvalue weighted by Crippen LogP contribution is 2.70. The molecule has 8 rings (SSSR count). The summed E-state index contributed by atoms with van der Waals surface area (Å²) in [5, 5.41) is 97.4. The molecule has 4 heterocycles. The van der Waals surface area contributed by atoms with Crippen molar-refractivity contribution in [1.82, 2.24) is 0 Å². The van der Waals surface area contributed by atoms with Crippen molar-refractivity contribution in [3.8, 4) is 0 Å². The highest BCUT2D eigenvalue weighted by molar-refractivity contribution is 5.85. The van der Waals surface area contributed by atoms with E-state index in [9.17, 15) is 55.5 Å². The summed E-state index contributed by atoms with van der Waals surface area (Å²) >= 11 is 0. The minimum atomic E-state index is -1.75. The first-order valence-corrected chi connectivity index (χ1v) is 21.8. The molecule has 4 aliphatic heterocycles. The van der Waals surface area contributed by atoms with Crippen molar-refractivity contribution >= 4 is 12.3 Å². The third-order valence-corrected chi connectivity index (χ3v) is 16.3. The zero-order valence-corrected chi connectivity index (χ0v) is 34.8. The molecule has 0 aromatic heterocycles. The first-order chi connectivity index (χ1) is 28.9. The van der Waals surface area contributed by atoms with Gasteiger partial charge in [-0.3, -0.25) is 0 Å². The van der Waals surface area contributed by atoms with Crippen molar-refractivity contribution in [2.24, 2.45) is 28.6 Å². The Morgan fingerprint density at radius 3 is 2.18 bits per heavy atom. The SMILES string of the molecule is CO[C@@H]1C[C@H](O[C@H]2CC[C@]3(C=O)[C@H]4CC[C@]5(C)[C@@H](C6=CC(=O)OC6)CC[C@]5(O)[C@H]4CC[C@]3(O)C2)O[C@H](C)[C@H]1O[C@H]1O[C@@H](CO[C@H]2O[C@@H](CO)[C@H](O)[C@@H](O)[C@@H]2O)[C@H](O)[C@@H](O)[C@@H]1O. The zero-order chi connectivity index (χ0) is 43.8. The molecule has 0 bridgehead atoms. The Bertz CT molecular complexity index is 1630. The first kappa shape index (κ1) is 45.8. The van der Waals surface area contributed by atoms with E-state index in [1.54, 1.807) is 13.0 Å². The third kappa shape index (κ3) is 7.55. The predicted octanol–water partition coefficient (Wildman–Crippen LogP) is -1.92. The number of esters is 1. The molecule has 4 aliphatic carbocycles. The summed E-state index contributed by atoms with van der Waals surface area (Å²) in [6.45, 7) is 2.86. The largest absolute Gasteiger partial charge is 0.458 e. The monoisotopic (exact) mass is 872 g/mol. The van der Waals surface area contributed by atoms with Crippen LogP contribution in [0, 0.1) is 28.6 Å². The first-order valence-electron chi connectivity index (χ1n) is 21.8. The van der Waals surface area contributed by atoms with Crippen LogP contribution in [-0.2, 0) is 47.5 Å². The van der Waals surface area contributed by atoms with Crippen LogP contribution < -0.4 is 0 Å². The van der Waals surface area contributed by atoms with Gasteiger partial charge in [0.25, 0.3) is 0 Å². The van der Waals surface area contributed by atoms with Crippen molar-refractivity contribution in [3.63, 3.8) is 0 Å². The number of hydrogen-bond donors (Lipinski definition) is 9. The van der Waals surface area contributed by atoms with Gasteiger partial charge in [-0.25, -0.2) is 4.79 Å². The molecule has 346 valence electrons. The topological polar surface area (TPSA) is 290 Å². The van der Waals surface area contributed by atoms with Gasteiger partial charge in [-0.05, 0) is 81.6 Å². The number of cyclic esters (lactones) is 1. The van der Waals surface area contributed by atoms with Crippen LogP contribution in [0.4, 0.5) is 0 Å². The van der Waals surface area contributed by atoms with E-state index in [4.69, 9.17) is 37.9 Å². The van der Waals surface area contributed by atoms with Crippen LogP contribution in [0.15, 0.2) is 11.6 Å². The maximum absolute atomic E-state index is 13.3. The van der Waals surface area contributed by atoms with Crippen LogP contribution in [0.25, 0.3) is 0 Å². The van der Waals surface area contributed by atoms with E-state index in [2.05, 4.69) is 6.92 Å². The van der Waals surface area contributed by atoms with Crippen LogP contribution in [0.1, 0.15) is 78.1 Å². The molecule has 19 heteroatoms. The van der Waals surface area contributed by atoms with Gasteiger partial charge >= 0.3 is 5.97 Å². The number of carbonyl (C=O) groups excluding carboxylic acids is 2. The Labute approximate surface area is 353 Å². The van der Waals surface area contributed by atoms with Gasteiger partial charge in [-0.1, -0.05) is 6.92 Å². The van der Waals surface area contributed by atoms with E-state index in [0.29, 0.717) is 44.9 Å². The lowest BCUT2D eigenvalue weighted by Gasteiger charge is -2.65. The van der Waals surface area contributed by atoms with Gasteiger partial charge in [0.2, 0.25) is 0 Å². The molecule has 0 aromatic rings. The molecule has 3 saturated heterocycles. The highest BCUT2D eigenvalue weighted by atomic mass is 16.8. The number of rotatable bonds is 11. The quantitative estimate of drug-likeness (QED) is 0.0622. The fraction of sp³-hybridized carbons (Fsp3) is 0.905. The van der Waals surface area contributed by atoms with E-state index < -0.39 is 127 Å². The minimum absolute atomic E-state index is 0.00485. The second-order valence-corrected chi connectivity index (χ2v) is 19.2. The lowest BCUT2D eigenvalue weighted by atomic mass is 9.41. The summed E-state index contributed by atoms with van der Waals surface area (Å²) in [6.07, 6.45) is -12.2. The number of hydrogen-bond acceptors (Lipinski definition) is 19. The number of aliphatic hydroxyl groups excluding tert-OH is 7. The van der Waals surface area contributed by atoms with Crippen LogP contribution in [0.5, 0.6) is 0 Å². The predicted molar refractivity (Wildman–Crippen MR) is 203 cm³/mol. The molecule has 8 aliphatic rings. The number of carbonyl (C=O) groups is 2. The molecule has 22 atom stereocenters. The van der Waals surface area contributed by atoms with Crippen LogP contribution in [0.2, 0.25) is 0 Å². The van der Waals surface area contributed by atoms with Crippen LogP contribution in [-0.4, -0.2) is 188 Å². The number of fused-ring (bicyclic) bond motifs is 5. The zero-order valence-electron chi connectivity index (χ0n) is 34.8. The molecule has 19 nitrogen and oxygen atoms in total. The Morgan fingerprint density at radius 2 is 1.51 bits per heavy atom. The molecule has 0 radical (unpaired) electrons. The molecule has 0 amide bonds. The average Bonchev–Trinajstić information content (AvgIpc) is 3.79. The Kier molecular flexibility index (Phi) is 12.9. The van der Waals surface area contributed by atoms with Gasteiger partial charge in [0.1, 0.15) is 67.8 Å². The van der Waals surface area contributed by atoms with Crippen molar-refractivity contribution in [2.45, 2.75) is 181 Å². The minimum Gasteiger partial charge on any atom is -0.458 e. The highest BCUT2D eigenvalue weighted by Gasteiger charge is 2.71. The molecular weight excluding hydrogens is 808 g/mol. The maximum atomic E-state index is 13.3. The third-order valence-electron chi connectivity index (χ3n) is 16.3.